The minimum absolute atomic E-state index is 0.412. The van der Waals surface area contributed by atoms with Crippen LogP contribution in [0.2, 0.25) is 0 Å². The summed E-state index contributed by atoms with van der Waals surface area (Å²) in [6, 6.07) is 0. The Morgan fingerprint density at radius 3 is 2.64 bits per heavy atom. The molecule has 0 aliphatic heterocycles. The van der Waals surface area contributed by atoms with Gasteiger partial charge >= 0.3 is 0 Å². The SMILES string of the molecule is CC1(C)CCC[C@]2(C)C3CC(=O)C[C@@]312. The fraction of sp³-hybridized carbons (Fsp3) is 0.923. The van der Waals surface area contributed by atoms with Crippen molar-refractivity contribution in [1.29, 1.82) is 0 Å². The molecule has 0 saturated heterocycles. The molecule has 0 radical (unpaired) electrons. The molecule has 0 N–H and O–H groups in total. The molecular weight excluding hydrogens is 172 g/mol. The van der Waals surface area contributed by atoms with Crippen molar-refractivity contribution in [3.05, 3.63) is 0 Å². The van der Waals surface area contributed by atoms with Gasteiger partial charge in [0.15, 0.2) is 0 Å². The lowest BCUT2D eigenvalue weighted by molar-refractivity contribution is -0.120. The van der Waals surface area contributed by atoms with Crippen molar-refractivity contribution in [3.8, 4) is 0 Å². The average Bonchev–Trinajstić information content (AvgIpc) is 2.46. The van der Waals surface area contributed by atoms with Crippen LogP contribution in [0.3, 0.4) is 0 Å². The van der Waals surface area contributed by atoms with Gasteiger partial charge in [0.05, 0.1) is 0 Å². The van der Waals surface area contributed by atoms with Gasteiger partial charge < -0.3 is 0 Å². The van der Waals surface area contributed by atoms with Crippen molar-refractivity contribution in [2.24, 2.45) is 22.2 Å². The van der Waals surface area contributed by atoms with Crippen molar-refractivity contribution in [2.75, 3.05) is 0 Å². The van der Waals surface area contributed by atoms with Crippen LogP contribution in [0.1, 0.15) is 52.9 Å². The van der Waals surface area contributed by atoms with Crippen LogP contribution in [-0.2, 0) is 4.79 Å². The van der Waals surface area contributed by atoms with Crippen LogP contribution in [0, 0.1) is 22.2 Å². The highest BCUT2D eigenvalue weighted by atomic mass is 16.1. The quantitative estimate of drug-likeness (QED) is 0.576. The molecule has 3 rings (SSSR count). The fourth-order valence-corrected chi connectivity index (χ4v) is 5.20. The minimum Gasteiger partial charge on any atom is -0.300 e. The first-order valence-electron chi connectivity index (χ1n) is 5.96. The van der Waals surface area contributed by atoms with Crippen molar-refractivity contribution >= 4 is 5.78 Å². The largest absolute Gasteiger partial charge is 0.300 e. The average molecular weight is 192 g/mol. The van der Waals surface area contributed by atoms with Gasteiger partial charge in [0.2, 0.25) is 0 Å². The molecule has 0 amide bonds. The number of hydrogen-bond acceptors (Lipinski definition) is 1. The molecule has 0 aromatic rings. The number of fused-ring (bicyclic) bond motifs is 1. The predicted molar refractivity (Wildman–Crippen MR) is 55.9 cm³/mol. The molecule has 3 aliphatic carbocycles. The molecule has 14 heavy (non-hydrogen) atoms. The van der Waals surface area contributed by atoms with E-state index in [-0.39, 0.29) is 0 Å². The van der Waals surface area contributed by atoms with E-state index in [0.717, 1.165) is 18.8 Å². The van der Waals surface area contributed by atoms with Crippen LogP contribution < -0.4 is 0 Å². The summed E-state index contributed by atoms with van der Waals surface area (Å²) in [5.41, 5.74) is 1.36. The third-order valence-electron chi connectivity index (χ3n) is 5.91. The first kappa shape index (κ1) is 8.94. The lowest BCUT2D eigenvalue weighted by Gasteiger charge is -2.42. The molecular formula is C13H20O. The Bertz CT molecular complexity index is 304. The topological polar surface area (TPSA) is 17.1 Å². The van der Waals surface area contributed by atoms with Crippen molar-refractivity contribution in [3.63, 3.8) is 0 Å². The van der Waals surface area contributed by atoms with E-state index in [9.17, 15) is 4.79 Å². The Morgan fingerprint density at radius 2 is 1.93 bits per heavy atom. The number of hydrogen-bond donors (Lipinski definition) is 0. The number of ketones is 1. The molecule has 1 heteroatoms. The van der Waals surface area contributed by atoms with Crippen molar-refractivity contribution < 1.29 is 4.79 Å². The smallest absolute Gasteiger partial charge is 0.133 e. The maximum absolute atomic E-state index is 11.6. The highest BCUT2D eigenvalue weighted by Gasteiger charge is 2.81. The van der Waals surface area contributed by atoms with Gasteiger partial charge in [0.25, 0.3) is 0 Å². The summed E-state index contributed by atoms with van der Waals surface area (Å²) in [5, 5.41) is 0. The Hall–Kier alpha value is -0.330. The maximum atomic E-state index is 11.6. The Balaban J connectivity index is 2.06. The van der Waals surface area contributed by atoms with E-state index >= 15 is 0 Å². The molecule has 0 heterocycles. The summed E-state index contributed by atoms with van der Waals surface area (Å²) >= 11 is 0. The summed E-state index contributed by atoms with van der Waals surface area (Å²) in [7, 11) is 0. The summed E-state index contributed by atoms with van der Waals surface area (Å²) in [4.78, 5) is 11.6. The van der Waals surface area contributed by atoms with Crippen molar-refractivity contribution in [2.45, 2.75) is 52.9 Å². The van der Waals surface area contributed by atoms with E-state index in [1.165, 1.54) is 19.3 Å². The molecule has 1 nitrogen and oxygen atoms in total. The standard InChI is InChI=1S/C13H20O/c1-11(2)5-4-6-12(3)10-7-9(14)8-13(10,11)12/h10H,4-8H2,1-3H3/t10?,12-,13-/m1/s1. The van der Waals surface area contributed by atoms with Gasteiger partial charge in [-0.25, -0.2) is 0 Å². The molecule has 0 bridgehead atoms. The summed E-state index contributed by atoms with van der Waals surface area (Å²) in [5.74, 6) is 1.27. The minimum atomic E-state index is 0.412. The monoisotopic (exact) mass is 192 g/mol. The predicted octanol–water partition coefficient (Wildman–Crippen LogP) is 3.18. The molecule has 1 unspecified atom stereocenters. The van der Waals surface area contributed by atoms with E-state index in [2.05, 4.69) is 20.8 Å². The lowest BCUT2D eigenvalue weighted by Crippen LogP contribution is -2.35. The zero-order valence-corrected chi connectivity index (χ0v) is 9.52. The molecule has 0 aromatic heterocycles. The van der Waals surface area contributed by atoms with Crippen LogP contribution in [0.4, 0.5) is 0 Å². The van der Waals surface area contributed by atoms with Gasteiger partial charge in [0.1, 0.15) is 5.78 Å². The molecule has 3 saturated carbocycles. The second-order valence-electron chi connectivity index (χ2n) is 6.60. The Kier molecular flexibility index (Phi) is 1.34. The highest BCUT2D eigenvalue weighted by molar-refractivity contribution is 5.85. The highest BCUT2D eigenvalue weighted by Crippen LogP contribution is 2.86. The molecule has 1 spiro atoms. The van der Waals surface area contributed by atoms with E-state index < -0.39 is 0 Å². The van der Waals surface area contributed by atoms with Crippen LogP contribution in [0.5, 0.6) is 0 Å². The summed E-state index contributed by atoms with van der Waals surface area (Å²) in [6.07, 6.45) is 5.85. The van der Waals surface area contributed by atoms with Gasteiger partial charge in [-0.15, -0.1) is 0 Å². The van der Waals surface area contributed by atoms with Crippen LogP contribution in [-0.4, -0.2) is 5.78 Å². The van der Waals surface area contributed by atoms with E-state index in [1.807, 2.05) is 0 Å². The number of Topliss-reactive ketones (excluding diaryl/α,β-unsaturated/α-hetero) is 1. The second kappa shape index (κ2) is 2.10. The van der Waals surface area contributed by atoms with E-state index in [4.69, 9.17) is 0 Å². The molecule has 3 fully saturated rings. The van der Waals surface area contributed by atoms with E-state index in [0.29, 0.717) is 22.0 Å². The molecule has 3 aliphatic rings. The normalized spacial score (nSPS) is 53.9. The number of rotatable bonds is 0. The Morgan fingerprint density at radius 1 is 1.21 bits per heavy atom. The van der Waals surface area contributed by atoms with Gasteiger partial charge in [-0.3, -0.25) is 4.79 Å². The zero-order chi connectivity index (χ0) is 10.2. The molecule has 3 atom stereocenters. The van der Waals surface area contributed by atoms with Gasteiger partial charge in [0, 0.05) is 12.8 Å². The number of carbonyl (C=O) groups is 1. The maximum Gasteiger partial charge on any atom is 0.133 e. The summed E-state index contributed by atoms with van der Waals surface area (Å²) < 4.78 is 0. The molecule has 0 aromatic carbocycles. The van der Waals surface area contributed by atoms with Crippen LogP contribution in [0.25, 0.3) is 0 Å². The third kappa shape index (κ3) is 0.666. The first-order valence-corrected chi connectivity index (χ1v) is 5.96. The number of carbonyl (C=O) groups excluding carboxylic acids is 1. The Labute approximate surface area is 86.3 Å². The fourth-order valence-electron chi connectivity index (χ4n) is 5.20. The van der Waals surface area contributed by atoms with Gasteiger partial charge in [-0.2, -0.15) is 0 Å². The second-order valence-corrected chi connectivity index (χ2v) is 6.60. The summed E-state index contributed by atoms with van der Waals surface area (Å²) in [6.45, 7) is 7.22. The van der Waals surface area contributed by atoms with Crippen LogP contribution in [0.15, 0.2) is 0 Å². The zero-order valence-electron chi connectivity index (χ0n) is 9.52. The lowest BCUT2D eigenvalue weighted by atomic mass is 9.62. The third-order valence-corrected chi connectivity index (χ3v) is 5.91. The van der Waals surface area contributed by atoms with Crippen molar-refractivity contribution in [1.82, 2.24) is 0 Å². The van der Waals surface area contributed by atoms with E-state index in [1.54, 1.807) is 0 Å². The van der Waals surface area contributed by atoms with Gasteiger partial charge in [-0.05, 0) is 35.0 Å². The first-order chi connectivity index (χ1) is 6.44. The molecule has 78 valence electrons. The van der Waals surface area contributed by atoms with Crippen LogP contribution >= 0.6 is 0 Å². The van der Waals surface area contributed by atoms with Gasteiger partial charge in [-0.1, -0.05) is 27.2 Å².